The summed E-state index contributed by atoms with van der Waals surface area (Å²) in [5, 5.41) is 0. The standard InChI is InChI=1S/C10H6Br2N2/c11-8-4-2-1-3-7(8)10-13-6-5-9(12)14-10/h1-6H. The molecular formula is C10H6Br2N2. The predicted molar refractivity (Wildman–Crippen MR) is 62.9 cm³/mol. The molecule has 2 nitrogen and oxygen atoms in total. The Hall–Kier alpha value is -0.740. The van der Waals surface area contributed by atoms with Crippen LogP contribution in [0, 0.1) is 0 Å². The van der Waals surface area contributed by atoms with Gasteiger partial charge in [0.1, 0.15) is 4.60 Å². The van der Waals surface area contributed by atoms with Crippen molar-refractivity contribution in [2.75, 3.05) is 0 Å². The Balaban J connectivity index is 2.55. The van der Waals surface area contributed by atoms with E-state index in [1.54, 1.807) is 12.3 Å². The van der Waals surface area contributed by atoms with Crippen molar-refractivity contribution in [2.24, 2.45) is 0 Å². The lowest BCUT2D eigenvalue weighted by molar-refractivity contribution is 1.15. The van der Waals surface area contributed by atoms with Crippen LogP contribution in [-0.2, 0) is 0 Å². The predicted octanol–water partition coefficient (Wildman–Crippen LogP) is 3.67. The third-order valence-corrected chi connectivity index (χ3v) is 2.87. The van der Waals surface area contributed by atoms with Gasteiger partial charge in [-0.1, -0.05) is 34.1 Å². The number of hydrogen-bond donors (Lipinski definition) is 0. The molecule has 0 saturated carbocycles. The van der Waals surface area contributed by atoms with E-state index in [-0.39, 0.29) is 0 Å². The topological polar surface area (TPSA) is 25.8 Å². The van der Waals surface area contributed by atoms with E-state index >= 15 is 0 Å². The van der Waals surface area contributed by atoms with Gasteiger partial charge in [-0.15, -0.1) is 0 Å². The van der Waals surface area contributed by atoms with Gasteiger partial charge in [0.05, 0.1) is 0 Å². The first-order valence-electron chi connectivity index (χ1n) is 4.01. The molecule has 2 aromatic rings. The average molecular weight is 314 g/mol. The fourth-order valence-electron chi connectivity index (χ4n) is 1.11. The second-order valence-electron chi connectivity index (χ2n) is 2.68. The fraction of sp³-hybridized carbons (Fsp3) is 0. The maximum absolute atomic E-state index is 4.28. The highest BCUT2D eigenvalue weighted by molar-refractivity contribution is 9.10. The number of benzene rings is 1. The molecule has 0 N–H and O–H groups in total. The van der Waals surface area contributed by atoms with Gasteiger partial charge in [0.15, 0.2) is 5.82 Å². The maximum atomic E-state index is 4.28. The van der Waals surface area contributed by atoms with Crippen LogP contribution < -0.4 is 0 Å². The van der Waals surface area contributed by atoms with E-state index in [9.17, 15) is 0 Å². The van der Waals surface area contributed by atoms with Gasteiger partial charge in [0.2, 0.25) is 0 Å². The minimum Gasteiger partial charge on any atom is -0.236 e. The highest BCUT2D eigenvalue weighted by Crippen LogP contribution is 2.25. The lowest BCUT2D eigenvalue weighted by atomic mass is 10.2. The minimum atomic E-state index is 0.715. The molecule has 0 bridgehead atoms. The zero-order valence-electron chi connectivity index (χ0n) is 7.11. The van der Waals surface area contributed by atoms with Crippen molar-refractivity contribution in [1.82, 2.24) is 9.97 Å². The molecule has 14 heavy (non-hydrogen) atoms. The molecule has 0 unspecified atom stereocenters. The molecule has 0 atom stereocenters. The maximum Gasteiger partial charge on any atom is 0.161 e. The molecule has 4 heteroatoms. The van der Waals surface area contributed by atoms with Gasteiger partial charge in [-0.3, -0.25) is 0 Å². The summed E-state index contributed by atoms with van der Waals surface area (Å²) in [5.74, 6) is 0.715. The van der Waals surface area contributed by atoms with Crippen LogP contribution in [-0.4, -0.2) is 9.97 Å². The first-order chi connectivity index (χ1) is 6.77. The van der Waals surface area contributed by atoms with Crippen LogP contribution in [0.2, 0.25) is 0 Å². The molecule has 2 rings (SSSR count). The van der Waals surface area contributed by atoms with E-state index in [0.29, 0.717) is 5.82 Å². The summed E-state index contributed by atoms with van der Waals surface area (Å²) in [7, 11) is 0. The summed E-state index contributed by atoms with van der Waals surface area (Å²) < 4.78 is 1.79. The molecule has 0 aliphatic heterocycles. The summed E-state index contributed by atoms with van der Waals surface area (Å²) in [5.41, 5.74) is 0.994. The van der Waals surface area contributed by atoms with Crippen LogP contribution in [0.5, 0.6) is 0 Å². The number of halogens is 2. The van der Waals surface area contributed by atoms with Crippen molar-refractivity contribution in [2.45, 2.75) is 0 Å². The normalized spacial score (nSPS) is 10.1. The molecule has 1 aromatic heterocycles. The fourth-order valence-corrected chi connectivity index (χ4v) is 1.86. The summed E-state index contributed by atoms with van der Waals surface area (Å²) in [4.78, 5) is 8.48. The van der Waals surface area contributed by atoms with Crippen molar-refractivity contribution in [1.29, 1.82) is 0 Å². The van der Waals surface area contributed by atoms with Crippen LogP contribution in [0.1, 0.15) is 0 Å². The SMILES string of the molecule is Brc1ccnc(-c2ccccc2Br)n1. The number of aromatic nitrogens is 2. The van der Waals surface area contributed by atoms with Gasteiger partial charge in [-0.25, -0.2) is 9.97 Å². The van der Waals surface area contributed by atoms with E-state index < -0.39 is 0 Å². The Morgan fingerprint density at radius 3 is 2.50 bits per heavy atom. The molecule has 0 radical (unpaired) electrons. The molecule has 0 fully saturated rings. The minimum absolute atomic E-state index is 0.715. The number of nitrogens with zero attached hydrogens (tertiary/aromatic N) is 2. The molecule has 1 aromatic carbocycles. The van der Waals surface area contributed by atoms with Gasteiger partial charge in [-0.05, 0) is 28.1 Å². The first-order valence-corrected chi connectivity index (χ1v) is 5.59. The molecule has 0 aliphatic rings. The third-order valence-electron chi connectivity index (χ3n) is 1.74. The number of hydrogen-bond acceptors (Lipinski definition) is 2. The van der Waals surface area contributed by atoms with Crippen molar-refractivity contribution >= 4 is 31.9 Å². The summed E-state index contributed by atoms with van der Waals surface area (Å²) in [6, 6.07) is 9.68. The molecule has 0 saturated heterocycles. The zero-order valence-corrected chi connectivity index (χ0v) is 10.3. The van der Waals surface area contributed by atoms with Crippen LogP contribution in [0.15, 0.2) is 45.6 Å². The van der Waals surface area contributed by atoms with E-state index in [4.69, 9.17) is 0 Å². The summed E-state index contributed by atoms with van der Waals surface area (Å²) >= 11 is 6.78. The highest BCUT2D eigenvalue weighted by Gasteiger charge is 2.04. The van der Waals surface area contributed by atoms with Gasteiger partial charge >= 0.3 is 0 Å². The second kappa shape index (κ2) is 4.19. The van der Waals surface area contributed by atoms with E-state index in [1.807, 2.05) is 24.3 Å². The zero-order chi connectivity index (χ0) is 9.97. The van der Waals surface area contributed by atoms with Crippen molar-refractivity contribution in [3.8, 4) is 11.4 Å². The Kier molecular flexibility index (Phi) is 2.93. The molecule has 0 aliphatic carbocycles. The molecule has 0 spiro atoms. The Labute approximate surface area is 98.7 Å². The average Bonchev–Trinajstić information content (AvgIpc) is 2.18. The van der Waals surface area contributed by atoms with Crippen LogP contribution in [0.4, 0.5) is 0 Å². The quantitative estimate of drug-likeness (QED) is 0.751. The smallest absolute Gasteiger partial charge is 0.161 e. The molecule has 1 heterocycles. The Morgan fingerprint density at radius 1 is 1.00 bits per heavy atom. The Bertz CT molecular complexity index is 457. The van der Waals surface area contributed by atoms with Gasteiger partial charge in [0, 0.05) is 16.2 Å². The van der Waals surface area contributed by atoms with E-state index in [0.717, 1.165) is 14.6 Å². The lowest BCUT2D eigenvalue weighted by Gasteiger charge is -2.01. The van der Waals surface area contributed by atoms with Gasteiger partial charge < -0.3 is 0 Å². The lowest BCUT2D eigenvalue weighted by Crippen LogP contribution is -1.88. The summed E-state index contributed by atoms with van der Waals surface area (Å²) in [6.45, 7) is 0. The van der Waals surface area contributed by atoms with Gasteiger partial charge in [-0.2, -0.15) is 0 Å². The van der Waals surface area contributed by atoms with Crippen LogP contribution in [0.25, 0.3) is 11.4 Å². The van der Waals surface area contributed by atoms with Crippen LogP contribution >= 0.6 is 31.9 Å². The molecule has 0 amide bonds. The summed E-state index contributed by atoms with van der Waals surface area (Å²) in [6.07, 6.45) is 1.73. The van der Waals surface area contributed by atoms with Crippen LogP contribution in [0.3, 0.4) is 0 Å². The highest BCUT2D eigenvalue weighted by atomic mass is 79.9. The van der Waals surface area contributed by atoms with E-state index in [2.05, 4.69) is 41.8 Å². The number of rotatable bonds is 1. The van der Waals surface area contributed by atoms with Crippen molar-refractivity contribution < 1.29 is 0 Å². The van der Waals surface area contributed by atoms with E-state index in [1.165, 1.54) is 0 Å². The second-order valence-corrected chi connectivity index (χ2v) is 4.35. The van der Waals surface area contributed by atoms with Crippen molar-refractivity contribution in [3.05, 3.63) is 45.6 Å². The first kappa shape index (κ1) is 9.80. The molecule has 70 valence electrons. The van der Waals surface area contributed by atoms with Gasteiger partial charge in [0.25, 0.3) is 0 Å². The largest absolute Gasteiger partial charge is 0.236 e. The Morgan fingerprint density at radius 2 is 1.79 bits per heavy atom. The monoisotopic (exact) mass is 312 g/mol. The molecular weight excluding hydrogens is 308 g/mol. The third kappa shape index (κ3) is 2.01. The van der Waals surface area contributed by atoms with Crippen molar-refractivity contribution in [3.63, 3.8) is 0 Å².